The first-order valence-electron chi connectivity index (χ1n) is 11.6. The van der Waals surface area contributed by atoms with Crippen molar-refractivity contribution >= 4 is 17.5 Å². The van der Waals surface area contributed by atoms with Gasteiger partial charge in [-0.25, -0.2) is 0 Å². The Bertz CT molecular complexity index is 985. The van der Waals surface area contributed by atoms with E-state index in [-0.39, 0.29) is 23.5 Å². The zero-order valence-corrected chi connectivity index (χ0v) is 19.1. The summed E-state index contributed by atoms with van der Waals surface area (Å²) in [6.45, 7) is 7.31. The average molecular weight is 439 g/mol. The number of piperidine rings is 1. The lowest BCUT2D eigenvalue weighted by Crippen LogP contribution is -2.50. The minimum Gasteiger partial charge on any atom is -0.369 e. The van der Waals surface area contributed by atoms with Crippen molar-refractivity contribution in [3.63, 3.8) is 0 Å². The van der Waals surface area contributed by atoms with Crippen LogP contribution >= 0.6 is 11.6 Å². The number of ether oxygens (including phenoxy) is 1. The Hall–Kier alpha value is -1.88. The third kappa shape index (κ3) is 3.59. The van der Waals surface area contributed by atoms with Crippen molar-refractivity contribution in [1.29, 1.82) is 0 Å². The van der Waals surface area contributed by atoms with Crippen molar-refractivity contribution in [2.24, 2.45) is 0 Å². The van der Waals surface area contributed by atoms with Crippen molar-refractivity contribution in [2.75, 3.05) is 26.2 Å². The summed E-state index contributed by atoms with van der Waals surface area (Å²) >= 11 is 6.44. The molecule has 2 aromatic carbocycles. The van der Waals surface area contributed by atoms with Gasteiger partial charge in [0.25, 0.3) is 0 Å². The van der Waals surface area contributed by atoms with Crippen LogP contribution in [-0.2, 0) is 14.9 Å². The molecule has 0 spiro atoms. The number of amides is 1. The summed E-state index contributed by atoms with van der Waals surface area (Å²) in [5.41, 5.74) is 5.88. The van der Waals surface area contributed by atoms with Gasteiger partial charge in [-0.1, -0.05) is 41.9 Å². The quantitative estimate of drug-likeness (QED) is 0.722. The lowest BCUT2D eigenvalue weighted by molar-refractivity contribution is -0.132. The first-order valence-corrected chi connectivity index (χ1v) is 11.9. The molecule has 4 nitrogen and oxygen atoms in total. The highest BCUT2D eigenvalue weighted by atomic mass is 35.5. The summed E-state index contributed by atoms with van der Waals surface area (Å²) in [6, 6.07) is 15.7. The number of hydrogen-bond acceptors (Lipinski definition) is 3. The molecule has 3 aliphatic rings. The van der Waals surface area contributed by atoms with Crippen LogP contribution in [0.1, 0.15) is 61.3 Å². The number of fused-ring (bicyclic) bond motifs is 8. The third-order valence-corrected chi connectivity index (χ3v) is 7.76. The monoisotopic (exact) mass is 438 g/mol. The highest BCUT2D eigenvalue weighted by molar-refractivity contribution is 6.30. The molecule has 5 rings (SSSR count). The fourth-order valence-corrected chi connectivity index (χ4v) is 6.25. The first-order chi connectivity index (χ1) is 15.0. The molecular weight excluding hydrogens is 408 g/mol. The lowest BCUT2D eigenvalue weighted by Gasteiger charge is -2.40. The second-order valence-electron chi connectivity index (χ2n) is 9.31. The highest BCUT2D eigenvalue weighted by Crippen LogP contribution is 2.60. The van der Waals surface area contributed by atoms with E-state index in [9.17, 15) is 4.79 Å². The van der Waals surface area contributed by atoms with Crippen molar-refractivity contribution in [3.05, 3.63) is 69.7 Å². The Morgan fingerprint density at radius 3 is 2.71 bits per heavy atom. The van der Waals surface area contributed by atoms with Gasteiger partial charge in [-0.15, -0.1) is 0 Å². The summed E-state index contributed by atoms with van der Waals surface area (Å²) in [6.07, 6.45) is 2.72. The van der Waals surface area contributed by atoms with Crippen LogP contribution in [0.2, 0.25) is 5.02 Å². The van der Waals surface area contributed by atoms with E-state index in [1.165, 1.54) is 22.3 Å². The third-order valence-electron chi connectivity index (χ3n) is 7.52. The molecule has 1 saturated heterocycles. The molecule has 1 amide bonds. The van der Waals surface area contributed by atoms with E-state index in [0.717, 1.165) is 43.9 Å². The molecule has 2 bridgehead atoms. The topological polar surface area (TPSA) is 41.6 Å². The van der Waals surface area contributed by atoms with Crippen LogP contribution < -0.4 is 5.32 Å². The van der Waals surface area contributed by atoms with Crippen molar-refractivity contribution in [3.8, 4) is 0 Å². The number of carbonyl (C=O) groups excluding carboxylic acids is 1. The molecule has 0 radical (unpaired) electrons. The van der Waals surface area contributed by atoms with Crippen molar-refractivity contribution in [1.82, 2.24) is 10.2 Å². The van der Waals surface area contributed by atoms with Crippen LogP contribution in [0.3, 0.4) is 0 Å². The standard InChI is InChI=1S/C26H31ClN2O2/c1-3-31-17(2)25(30)28-19-10-12-29(13-11-19)16-26-15-22(20-6-4-5-7-23(20)26)21-9-8-18(27)14-24(21)26/h4-9,14,17,19,22H,3,10-13,15-16H2,1-2H3,(H,28,30). The minimum absolute atomic E-state index is 0.00539. The summed E-state index contributed by atoms with van der Waals surface area (Å²) in [5.74, 6) is 0.492. The molecule has 31 heavy (non-hydrogen) atoms. The van der Waals surface area contributed by atoms with E-state index >= 15 is 0 Å². The van der Waals surface area contributed by atoms with Crippen LogP contribution in [0.4, 0.5) is 0 Å². The lowest BCUT2D eigenvalue weighted by atomic mass is 9.74. The Balaban J connectivity index is 1.32. The van der Waals surface area contributed by atoms with E-state index in [1.807, 2.05) is 19.9 Å². The molecule has 164 valence electrons. The fourth-order valence-electron chi connectivity index (χ4n) is 6.08. The minimum atomic E-state index is -0.381. The number of rotatable bonds is 6. The maximum atomic E-state index is 12.3. The number of halogens is 1. The van der Waals surface area contributed by atoms with Crippen LogP contribution in [0.5, 0.6) is 0 Å². The predicted molar refractivity (Wildman–Crippen MR) is 124 cm³/mol. The molecule has 1 heterocycles. The van der Waals surface area contributed by atoms with Gasteiger partial charge >= 0.3 is 0 Å². The zero-order valence-electron chi connectivity index (χ0n) is 18.4. The molecule has 3 unspecified atom stereocenters. The van der Waals surface area contributed by atoms with Crippen molar-refractivity contribution in [2.45, 2.75) is 56.6 Å². The number of benzene rings is 2. The summed E-state index contributed by atoms with van der Waals surface area (Å²) < 4.78 is 5.43. The number of hydrogen-bond donors (Lipinski definition) is 1. The number of likely N-dealkylation sites (tertiary alicyclic amines) is 1. The van der Waals surface area contributed by atoms with Gasteiger partial charge in [0.1, 0.15) is 6.10 Å². The molecule has 3 atom stereocenters. The first kappa shape index (κ1) is 21.0. The molecule has 0 aromatic heterocycles. The van der Waals surface area contributed by atoms with Gasteiger partial charge < -0.3 is 15.0 Å². The number of carbonyl (C=O) groups is 1. The molecule has 1 N–H and O–H groups in total. The normalized spacial score (nSPS) is 25.8. The maximum Gasteiger partial charge on any atom is 0.249 e. The SMILES string of the molecule is CCOC(C)C(=O)NC1CCN(CC23CC(c4ccccc42)c2ccc(Cl)cc23)CC1. The second kappa shape index (κ2) is 8.23. The summed E-state index contributed by atoms with van der Waals surface area (Å²) in [7, 11) is 0. The number of nitrogens with zero attached hydrogens (tertiary/aromatic N) is 1. The van der Waals surface area contributed by atoms with Crippen LogP contribution in [0.15, 0.2) is 42.5 Å². The highest BCUT2D eigenvalue weighted by Gasteiger charge is 2.53. The molecule has 0 saturated carbocycles. The van der Waals surface area contributed by atoms with Crippen molar-refractivity contribution < 1.29 is 9.53 Å². The van der Waals surface area contributed by atoms with Gasteiger partial charge in [-0.2, -0.15) is 0 Å². The van der Waals surface area contributed by atoms with Gasteiger partial charge in [0, 0.05) is 48.6 Å². The Kier molecular flexibility index (Phi) is 5.58. The zero-order chi connectivity index (χ0) is 21.6. The van der Waals surface area contributed by atoms with Crippen LogP contribution in [0.25, 0.3) is 0 Å². The Labute approximate surface area is 189 Å². The average Bonchev–Trinajstić information content (AvgIpc) is 3.27. The van der Waals surface area contributed by atoms with Crippen LogP contribution in [0, 0.1) is 0 Å². The predicted octanol–water partition coefficient (Wildman–Crippen LogP) is 4.48. The number of nitrogens with one attached hydrogen (secondary N) is 1. The van der Waals surface area contributed by atoms with Gasteiger partial charge in [0.05, 0.1) is 0 Å². The van der Waals surface area contributed by atoms with E-state index < -0.39 is 0 Å². The van der Waals surface area contributed by atoms with Gasteiger partial charge in [0.15, 0.2) is 0 Å². The van der Waals surface area contributed by atoms with E-state index in [2.05, 4.69) is 46.6 Å². The molecule has 2 aliphatic carbocycles. The van der Waals surface area contributed by atoms with E-state index in [0.29, 0.717) is 12.5 Å². The Morgan fingerprint density at radius 1 is 1.19 bits per heavy atom. The smallest absolute Gasteiger partial charge is 0.249 e. The summed E-state index contributed by atoms with van der Waals surface area (Å²) in [4.78, 5) is 14.9. The largest absolute Gasteiger partial charge is 0.369 e. The molecule has 5 heteroatoms. The molecule has 1 aliphatic heterocycles. The van der Waals surface area contributed by atoms with Gasteiger partial charge in [-0.3, -0.25) is 4.79 Å². The molecule has 2 aromatic rings. The Morgan fingerprint density at radius 2 is 1.94 bits per heavy atom. The van der Waals surface area contributed by atoms with Gasteiger partial charge in [0.2, 0.25) is 5.91 Å². The fraction of sp³-hybridized carbons (Fsp3) is 0.500. The molecule has 1 fully saturated rings. The molecular formula is C26H31ClN2O2. The van der Waals surface area contributed by atoms with E-state index in [4.69, 9.17) is 16.3 Å². The summed E-state index contributed by atoms with van der Waals surface area (Å²) in [5, 5.41) is 4.01. The second-order valence-corrected chi connectivity index (χ2v) is 9.75. The maximum absolute atomic E-state index is 12.3. The van der Waals surface area contributed by atoms with Crippen LogP contribution in [-0.4, -0.2) is 49.2 Å². The van der Waals surface area contributed by atoms with Gasteiger partial charge in [-0.05, 0) is 67.5 Å². The van der Waals surface area contributed by atoms with E-state index in [1.54, 1.807) is 0 Å².